The minimum Gasteiger partial charge on any atom is -0.487 e. The van der Waals surface area contributed by atoms with Gasteiger partial charge in [-0.05, 0) is 101 Å². The molecule has 38 heavy (non-hydrogen) atoms. The molecule has 1 saturated heterocycles. The Hall–Kier alpha value is -2.33. The van der Waals surface area contributed by atoms with Gasteiger partial charge in [-0.15, -0.1) is 0 Å². The number of hydrogen-bond acceptors (Lipinski definition) is 4. The number of Topliss-reactive ketones (excluding diaryl/α,β-unsaturated/α-hetero) is 1. The van der Waals surface area contributed by atoms with E-state index in [2.05, 4.69) is 63.8 Å². The van der Waals surface area contributed by atoms with Crippen molar-refractivity contribution < 1.29 is 19.8 Å². The van der Waals surface area contributed by atoms with Gasteiger partial charge in [0, 0.05) is 26.3 Å². The van der Waals surface area contributed by atoms with Crippen LogP contribution in [0.25, 0.3) is 0 Å². The molecule has 0 spiro atoms. The molecule has 1 fully saturated rings. The molecule has 4 heteroatoms. The summed E-state index contributed by atoms with van der Waals surface area (Å²) in [6.45, 7) is 20.7. The Balaban J connectivity index is 1.77. The van der Waals surface area contributed by atoms with Gasteiger partial charge in [0.25, 0.3) is 0 Å². The van der Waals surface area contributed by atoms with E-state index in [1.54, 1.807) is 6.92 Å². The number of piperidine rings is 1. The van der Waals surface area contributed by atoms with Gasteiger partial charge in [-0.3, -0.25) is 9.69 Å². The number of carbonyl (C=O) groups excluding carboxylic acids is 1. The number of benzene rings is 2. The van der Waals surface area contributed by atoms with Gasteiger partial charge in [-0.1, -0.05) is 58.0 Å². The minimum atomic E-state index is -1.88. The van der Waals surface area contributed by atoms with Gasteiger partial charge in [0.05, 0.1) is 14.9 Å². The molecule has 0 saturated carbocycles. The molecule has 0 N–H and O–H groups in total. The van der Waals surface area contributed by atoms with E-state index in [0.717, 1.165) is 13.0 Å². The maximum Gasteiger partial charge on any atom is 0.166 e. The number of nitrogens with zero attached hydrogens (tertiary/aromatic N) is 1. The van der Waals surface area contributed by atoms with Crippen LogP contribution >= 0.6 is 0 Å². The Morgan fingerprint density at radius 2 is 1.58 bits per heavy atom. The largest absolute Gasteiger partial charge is 0.487 e. The highest BCUT2D eigenvalue weighted by atomic mass is 16.5. The second kappa shape index (κ2) is 10.7. The van der Waals surface area contributed by atoms with Crippen LogP contribution in [0.5, 0.6) is 11.5 Å². The smallest absolute Gasteiger partial charge is 0.166 e. The van der Waals surface area contributed by atoms with Crippen LogP contribution in [0.2, 0.25) is 0 Å². The summed E-state index contributed by atoms with van der Waals surface area (Å²) in [5.74, 6) is -4.09. The van der Waals surface area contributed by atoms with Gasteiger partial charge in [0.2, 0.25) is 0 Å². The molecule has 0 amide bonds. The van der Waals surface area contributed by atoms with Crippen molar-refractivity contribution in [3.05, 3.63) is 59.1 Å². The molecule has 0 bridgehead atoms. The van der Waals surface area contributed by atoms with Crippen LogP contribution in [0.1, 0.15) is 121 Å². The van der Waals surface area contributed by atoms with E-state index >= 15 is 0 Å². The number of rotatable bonds is 8. The first-order chi connectivity index (χ1) is 19.3. The quantitative estimate of drug-likeness (QED) is 0.348. The Kier molecular flexibility index (Phi) is 6.62. The molecule has 5 unspecified atom stereocenters. The van der Waals surface area contributed by atoms with Gasteiger partial charge in [0.15, 0.2) is 17.3 Å². The summed E-state index contributed by atoms with van der Waals surface area (Å²) in [6, 6.07) is 10.5. The molecule has 0 radical (unpaired) electrons. The molecule has 4 rings (SSSR count). The van der Waals surface area contributed by atoms with Crippen molar-refractivity contribution in [1.29, 1.82) is 0 Å². The Bertz CT molecular complexity index is 1340. The zero-order valence-electron chi connectivity index (χ0n) is 29.0. The fourth-order valence-electron chi connectivity index (χ4n) is 6.21. The van der Waals surface area contributed by atoms with Crippen molar-refractivity contribution in [2.24, 2.45) is 16.7 Å². The molecule has 2 aromatic rings. The summed E-state index contributed by atoms with van der Waals surface area (Å²) in [4.78, 5) is 16.8. The summed E-state index contributed by atoms with van der Waals surface area (Å²) in [6.07, 6.45) is 0.288. The molecule has 1 aliphatic heterocycles. The molecule has 2 aromatic carbocycles. The van der Waals surface area contributed by atoms with Crippen LogP contribution in [0.4, 0.5) is 0 Å². The first-order valence-corrected chi connectivity index (χ1v) is 14.2. The zero-order chi connectivity index (χ0) is 31.6. The Labute approximate surface area is 236 Å². The zero-order valence-corrected chi connectivity index (χ0v) is 25.0. The van der Waals surface area contributed by atoms with E-state index in [4.69, 9.17) is 12.2 Å². The van der Waals surface area contributed by atoms with E-state index in [9.17, 15) is 7.54 Å². The number of likely N-dealkylation sites (tertiary alicyclic amines) is 1. The fourth-order valence-corrected chi connectivity index (χ4v) is 6.21. The third-order valence-corrected chi connectivity index (χ3v) is 9.33. The third kappa shape index (κ3) is 5.13. The molecular formula is C34H49NO3. The second-order valence-corrected chi connectivity index (χ2v) is 12.6. The summed E-state index contributed by atoms with van der Waals surface area (Å²) in [7, 11) is 0. The van der Waals surface area contributed by atoms with Crippen molar-refractivity contribution in [1.82, 2.24) is 4.90 Å². The van der Waals surface area contributed by atoms with Gasteiger partial charge < -0.3 is 9.47 Å². The lowest BCUT2D eigenvalue weighted by molar-refractivity contribution is -0.0884. The summed E-state index contributed by atoms with van der Waals surface area (Å²) < 4.78 is 49.4. The Morgan fingerprint density at radius 1 is 1.00 bits per heavy atom. The predicted octanol–water partition coefficient (Wildman–Crippen LogP) is 8.46. The lowest BCUT2D eigenvalue weighted by atomic mass is 9.55. The van der Waals surface area contributed by atoms with Crippen molar-refractivity contribution in [2.45, 2.75) is 112 Å². The first-order valence-electron chi connectivity index (χ1n) is 16.2. The molecule has 4 nitrogen and oxygen atoms in total. The van der Waals surface area contributed by atoms with Crippen LogP contribution in [0.15, 0.2) is 42.4 Å². The number of ketones is 1. The average Bonchev–Trinajstić information content (AvgIpc) is 3.05. The van der Waals surface area contributed by atoms with Crippen molar-refractivity contribution in [3.63, 3.8) is 0 Å². The normalized spacial score (nSPS) is 33.4. The second-order valence-electron chi connectivity index (χ2n) is 12.6. The molecule has 2 aliphatic rings. The van der Waals surface area contributed by atoms with E-state index in [1.165, 1.54) is 5.56 Å². The molecule has 1 aliphatic carbocycles. The van der Waals surface area contributed by atoms with E-state index in [1.807, 2.05) is 33.8 Å². The van der Waals surface area contributed by atoms with Crippen molar-refractivity contribution in [3.8, 4) is 11.5 Å². The highest BCUT2D eigenvalue weighted by Crippen LogP contribution is 2.57. The first kappa shape index (κ1) is 23.5. The highest BCUT2D eigenvalue weighted by molar-refractivity contribution is 6.03. The lowest BCUT2D eigenvalue weighted by Crippen LogP contribution is -2.58. The van der Waals surface area contributed by atoms with Crippen LogP contribution < -0.4 is 9.47 Å². The van der Waals surface area contributed by atoms with E-state index in [-0.39, 0.29) is 70.8 Å². The monoisotopic (exact) mass is 523 g/mol. The maximum absolute atomic E-state index is 14.3. The fraction of sp³-hybridized carbons (Fsp3) is 0.618. The third-order valence-electron chi connectivity index (χ3n) is 9.33. The summed E-state index contributed by atoms with van der Waals surface area (Å²) >= 11 is 0. The van der Waals surface area contributed by atoms with Gasteiger partial charge in [-0.25, -0.2) is 0 Å². The summed E-state index contributed by atoms with van der Waals surface area (Å²) in [5, 5.41) is 0. The number of carbonyl (C=O) groups is 1. The molecule has 1 heterocycles. The number of hydrogen-bond donors (Lipinski definition) is 0. The maximum atomic E-state index is 14.3. The van der Waals surface area contributed by atoms with Crippen molar-refractivity contribution in [2.75, 3.05) is 6.54 Å². The SMILES string of the molecule is [2H]c1c(OC(C)C)c(OC(C)C)c([2H])c2c1C(=O)C([2H])(CC1(C)CCN(C(C)c3ccccc3)C(C)C1(C)C)C2([2H])C. The van der Waals surface area contributed by atoms with Crippen LogP contribution in [0.3, 0.4) is 0 Å². The highest BCUT2D eigenvalue weighted by Gasteiger charge is 2.53. The number of ether oxygens (including phenoxy) is 2. The summed E-state index contributed by atoms with van der Waals surface area (Å²) in [5.41, 5.74) is 0.553. The van der Waals surface area contributed by atoms with E-state index < -0.39 is 23.0 Å². The van der Waals surface area contributed by atoms with Crippen LogP contribution in [-0.2, 0) is 0 Å². The minimum absolute atomic E-state index is 0.0381. The lowest BCUT2D eigenvalue weighted by Gasteiger charge is -2.58. The van der Waals surface area contributed by atoms with Gasteiger partial charge in [0.1, 0.15) is 0 Å². The van der Waals surface area contributed by atoms with Crippen LogP contribution in [0, 0.1) is 16.7 Å². The molecule has 208 valence electrons. The molecule has 0 aromatic heterocycles. The topological polar surface area (TPSA) is 38.8 Å². The number of fused-ring (bicyclic) bond motifs is 1. The predicted molar refractivity (Wildman–Crippen MR) is 156 cm³/mol. The molecule has 5 atom stereocenters. The van der Waals surface area contributed by atoms with Crippen molar-refractivity contribution >= 4 is 5.78 Å². The average molecular weight is 524 g/mol. The Morgan fingerprint density at radius 3 is 2.16 bits per heavy atom. The standard InChI is InChI=1S/C34H49NO3/c1-21(2)37-30-18-27-23(5)29(32(36)28(27)19-31(30)38-22(3)4)20-34(10)16-17-35(25(7)33(34,8)9)24(6)26-14-12-11-13-15-26/h11-15,18-19,21-25,29H,16-17,20H2,1-10H3/i18D,19D,23D,29D. The van der Waals surface area contributed by atoms with Gasteiger partial charge in [-0.2, -0.15) is 0 Å². The molecular weight excluding hydrogens is 470 g/mol. The van der Waals surface area contributed by atoms with Gasteiger partial charge >= 0.3 is 0 Å². The van der Waals surface area contributed by atoms with E-state index in [0.29, 0.717) is 0 Å². The van der Waals surface area contributed by atoms with Crippen LogP contribution in [-0.4, -0.2) is 35.5 Å².